The van der Waals surface area contributed by atoms with E-state index >= 15 is 0 Å². The van der Waals surface area contributed by atoms with Gasteiger partial charge in [0.15, 0.2) is 0 Å². The van der Waals surface area contributed by atoms with Gasteiger partial charge in [-0.2, -0.15) is 5.10 Å². The number of carbonyl (C=O) groups excluding carboxylic acids is 1. The van der Waals surface area contributed by atoms with Crippen molar-refractivity contribution < 1.29 is 29.9 Å². The van der Waals surface area contributed by atoms with Gasteiger partial charge in [-0.1, -0.05) is 24.3 Å². The van der Waals surface area contributed by atoms with E-state index in [4.69, 9.17) is 15.9 Å². The lowest BCUT2D eigenvalue weighted by Crippen LogP contribution is -2.86. The fourth-order valence-electron chi connectivity index (χ4n) is 3.74. The van der Waals surface area contributed by atoms with Gasteiger partial charge in [0.1, 0.15) is 5.52 Å². The first kappa shape index (κ1) is 23.0. The van der Waals surface area contributed by atoms with Crippen molar-refractivity contribution in [1.82, 2.24) is 9.78 Å². The number of carboxylic acid groups (broad SMARTS) is 2. The summed E-state index contributed by atoms with van der Waals surface area (Å²) in [6.07, 6.45) is 3.90. The van der Waals surface area contributed by atoms with Gasteiger partial charge >= 0.3 is 11.9 Å². The third-order valence-corrected chi connectivity index (χ3v) is 5.40. The standard InChI is InChI=1S/C19H20N4O.C4H6O4/c20-19(24)17-5-1-3-15-12-23(22-18(15)17)16-8-6-13(7-9-16)14-4-2-10-21-11-14;5-3(6)1-2-4(7)8/h1,3,5-9,12,14,21H,2,4,10-11H2,(H2,20,24);1-2H2,(H,5,6)(H,7,8)/p+1/t14-;/m1./s1. The van der Waals surface area contributed by atoms with Crippen molar-refractivity contribution in [3.05, 3.63) is 59.8 Å². The maximum atomic E-state index is 11.6. The topological polar surface area (TPSA) is 152 Å². The van der Waals surface area contributed by atoms with Crippen LogP contribution in [0.4, 0.5) is 0 Å². The first-order chi connectivity index (χ1) is 15.3. The van der Waals surface area contributed by atoms with Crippen molar-refractivity contribution >= 4 is 28.7 Å². The lowest BCUT2D eigenvalue weighted by molar-refractivity contribution is -0.664. The number of piperidine rings is 1. The Kier molecular flexibility index (Phi) is 7.56. The third kappa shape index (κ3) is 5.92. The predicted octanol–water partition coefficient (Wildman–Crippen LogP) is 1.50. The molecule has 0 spiro atoms. The molecule has 168 valence electrons. The van der Waals surface area contributed by atoms with Crippen LogP contribution in [0, 0.1) is 0 Å². The second-order valence-electron chi connectivity index (χ2n) is 7.71. The Morgan fingerprint density at radius 1 is 1.06 bits per heavy atom. The predicted molar refractivity (Wildman–Crippen MR) is 118 cm³/mol. The Bertz CT molecular complexity index is 1090. The number of hydrogen-bond donors (Lipinski definition) is 4. The number of carboxylic acids is 2. The third-order valence-electron chi connectivity index (χ3n) is 5.40. The van der Waals surface area contributed by atoms with Crippen LogP contribution in [0.25, 0.3) is 16.6 Å². The first-order valence-corrected chi connectivity index (χ1v) is 10.5. The summed E-state index contributed by atoms with van der Waals surface area (Å²) in [6.45, 7) is 2.42. The van der Waals surface area contributed by atoms with E-state index in [1.807, 2.05) is 23.0 Å². The van der Waals surface area contributed by atoms with Crippen LogP contribution < -0.4 is 11.1 Å². The molecule has 6 N–H and O–H groups in total. The Labute approximate surface area is 184 Å². The highest BCUT2D eigenvalue weighted by molar-refractivity contribution is 6.04. The van der Waals surface area contributed by atoms with E-state index in [0.29, 0.717) is 17.0 Å². The van der Waals surface area contributed by atoms with Crippen LogP contribution in [-0.4, -0.2) is 50.9 Å². The fraction of sp³-hybridized carbons (Fsp3) is 0.304. The van der Waals surface area contributed by atoms with Gasteiger partial charge in [0, 0.05) is 17.5 Å². The van der Waals surface area contributed by atoms with Crippen molar-refractivity contribution in [3.8, 4) is 5.69 Å². The average Bonchev–Trinajstić information content (AvgIpc) is 3.23. The normalized spacial score (nSPS) is 15.6. The van der Waals surface area contributed by atoms with Crippen molar-refractivity contribution in [3.63, 3.8) is 0 Å². The van der Waals surface area contributed by atoms with Crippen molar-refractivity contribution in [1.29, 1.82) is 0 Å². The molecule has 0 aliphatic carbocycles. The number of carbonyl (C=O) groups is 3. The highest BCUT2D eigenvalue weighted by Crippen LogP contribution is 2.24. The van der Waals surface area contributed by atoms with Gasteiger partial charge in [0.25, 0.3) is 5.91 Å². The number of nitrogens with zero attached hydrogens (tertiary/aromatic N) is 2. The maximum absolute atomic E-state index is 11.6. The zero-order valence-corrected chi connectivity index (χ0v) is 17.6. The molecule has 9 nitrogen and oxygen atoms in total. The number of nitrogens with two attached hydrogens (primary N) is 2. The second kappa shape index (κ2) is 10.5. The highest BCUT2D eigenvalue weighted by atomic mass is 16.4. The molecule has 2 heterocycles. The number of amides is 1. The molecule has 1 atom stereocenters. The van der Waals surface area contributed by atoms with Crippen LogP contribution in [0.1, 0.15) is 47.5 Å². The summed E-state index contributed by atoms with van der Waals surface area (Å²) in [7, 11) is 0. The number of quaternary nitrogens is 1. The van der Waals surface area contributed by atoms with Crippen LogP contribution in [0.2, 0.25) is 0 Å². The van der Waals surface area contributed by atoms with Gasteiger partial charge in [0.05, 0.1) is 37.2 Å². The molecule has 9 heteroatoms. The molecule has 2 aromatic carbocycles. The summed E-state index contributed by atoms with van der Waals surface area (Å²) in [4.78, 5) is 30.8. The van der Waals surface area contributed by atoms with E-state index in [-0.39, 0.29) is 12.8 Å². The van der Waals surface area contributed by atoms with Crippen LogP contribution >= 0.6 is 0 Å². The molecular weight excluding hydrogens is 412 g/mol. The highest BCUT2D eigenvalue weighted by Gasteiger charge is 2.18. The minimum Gasteiger partial charge on any atom is -0.481 e. The van der Waals surface area contributed by atoms with Gasteiger partial charge in [0.2, 0.25) is 0 Å². The minimum atomic E-state index is -1.08. The zero-order chi connectivity index (χ0) is 23.1. The Hall–Kier alpha value is -3.72. The smallest absolute Gasteiger partial charge is 0.303 e. The number of aliphatic carboxylic acids is 2. The van der Waals surface area contributed by atoms with Crippen LogP contribution in [0.5, 0.6) is 0 Å². The molecule has 0 bridgehead atoms. The number of hydrogen-bond acceptors (Lipinski definition) is 4. The molecule has 1 aliphatic rings. The molecular formula is C23H27N4O5+. The van der Waals surface area contributed by atoms with Gasteiger partial charge in [-0.05, 0) is 36.6 Å². The zero-order valence-electron chi connectivity index (χ0n) is 17.6. The summed E-state index contributed by atoms with van der Waals surface area (Å²) >= 11 is 0. The summed E-state index contributed by atoms with van der Waals surface area (Å²) in [5, 5.41) is 23.7. The molecule has 0 radical (unpaired) electrons. The van der Waals surface area contributed by atoms with E-state index in [1.54, 1.807) is 6.07 Å². The molecule has 4 rings (SSSR count). The molecule has 3 aromatic rings. The van der Waals surface area contributed by atoms with E-state index in [9.17, 15) is 14.4 Å². The average molecular weight is 439 g/mol. The van der Waals surface area contributed by atoms with Crippen molar-refractivity contribution in [2.24, 2.45) is 5.73 Å². The number of aromatic nitrogens is 2. The van der Waals surface area contributed by atoms with Crippen LogP contribution in [0.15, 0.2) is 48.7 Å². The maximum Gasteiger partial charge on any atom is 0.303 e. The van der Waals surface area contributed by atoms with Crippen LogP contribution in [0.3, 0.4) is 0 Å². The molecule has 0 unspecified atom stereocenters. The minimum absolute atomic E-state index is 0.296. The first-order valence-electron chi connectivity index (χ1n) is 10.5. The molecule has 1 aliphatic heterocycles. The summed E-state index contributed by atoms with van der Waals surface area (Å²) in [5.74, 6) is -1.96. The second-order valence-corrected chi connectivity index (χ2v) is 7.71. The number of primary amides is 1. The summed E-state index contributed by atoms with van der Waals surface area (Å²) in [5.41, 5.74) is 8.93. The monoisotopic (exact) mass is 439 g/mol. The van der Waals surface area contributed by atoms with Crippen LogP contribution in [-0.2, 0) is 9.59 Å². The summed E-state index contributed by atoms with van der Waals surface area (Å²) in [6, 6.07) is 14.1. The lowest BCUT2D eigenvalue weighted by atomic mass is 9.92. The quantitative estimate of drug-likeness (QED) is 0.457. The number of fused-ring (bicyclic) bond motifs is 1. The molecule has 1 saturated heterocycles. The Morgan fingerprint density at radius 3 is 2.31 bits per heavy atom. The summed E-state index contributed by atoms with van der Waals surface area (Å²) < 4.78 is 1.81. The molecule has 1 aromatic heterocycles. The van der Waals surface area contributed by atoms with E-state index < -0.39 is 17.8 Å². The van der Waals surface area contributed by atoms with Crippen molar-refractivity contribution in [2.75, 3.05) is 13.1 Å². The van der Waals surface area contributed by atoms with Crippen molar-refractivity contribution in [2.45, 2.75) is 31.6 Å². The van der Waals surface area contributed by atoms with E-state index in [1.165, 1.54) is 31.5 Å². The number of benzene rings is 2. The van der Waals surface area contributed by atoms with E-state index in [2.05, 4.69) is 34.7 Å². The van der Waals surface area contributed by atoms with Gasteiger partial charge in [-0.25, -0.2) is 4.68 Å². The lowest BCUT2D eigenvalue weighted by Gasteiger charge is -2.20. The Morgan fingerprint density at radius 2 is 1.75 bits per heavy atom. The van der Waals surface area contributed by atoms with E-state index in [0.717, 1.165) is 11.1 Å². The molecule has 1 amide bonds. The largest absolute Gasteiger partial charge is 0.481 e. The Balaban J connectivity index is 0.000000312. The fourth-order valence-corrected chi connectivity index (χ4v) is 3.74. The number of rotatable bonds is 6. The van der Waals surface area contributed by atoms with Gasteiger partial charge in [-0.15, -0.1) is 0 Å². The molecule has 1 fully saturated rings. The SMILES string of the molecule is NC(=O)c1cccc2cn(-c3ccc([C@@H]4CCC[NH2+]C4)cc3)nc12.O=C(O)CCC(=O)O. The van der Waals surface area contributed by atoms with Gasteiger partial charge < -0.3 is 21.3 Å². The van der Waals surface area contributed by atoms with Gasteiger partial charge in [-0.3, -0.25) is 14.4 Å². The molecule has 0 saturated carbocycles. The molecule has 32 heavy (non-hydrogen) atoms.